The summed E-state index contributed by atoms with van der Waals surface area (Å²) in [7, 11) is 0. The highest BCUT2D eigenvalue weighted by molar-refractivity contribution is 7.98. The predicted molar refractivity (Wildman–Crippen MR) is 123 cm³/mol. The number of aromatic nitrogens is 4. The van der Waals surface area contributed by atoms with E-state index in [4.69, 9.17) is 0 Å². The number of fused-ring (bicyclic) bond motifs is 3. The molecule has 0 atom stereocenters. The van der Waals surface area contributed by atoms with Crippen LogP contribution in [0.5, 0.6) is 0 Å². The van der Waals surface area contributed by atoms with E-state index in [0.717, 1.165) is 16.4 Å². The molecular weight excluding hydrogens is 410 g/mol. The van der Waals surface area contributed by atoms with E-state index in [1.54, 1.807) is 22.4 Å². The van der Waals surface area contributed by atoms with Crippen LogP contribution in [0.2, 0.25) is 0 Å². The monoisotopic (exact) mass is 435 g/mol. The number of benzene rings is 2. The maximum absolute atomic E-state index is 13.2. The highest BCUT2D eigenvalue weighted by atomic mass is 32.2. The van der Waals surface area contributed by atoms with Crippen molar-refractivity contribution in [1.82, 2.24) is 24.5 Å². The molecule has 2 aromatic heterocycles. The van der Waals surface area contributed by atoms with Crippen molar-refractivity contribution in [2.75, 3.05) is 0 Å². The Labute approximate surface area is 184 Å². The molecule has 4 rings (SSSR count). The van der Waals surface area contributed by atoms with Gasteiger partial charge in [-0.3, -0.25) is 18.6 Å². The molecule has 7 nitrogen and oxygen atoms in total. The standard InChI is InChI=1S/C23H25N5O2S/c1-15(2)24-20(29)12-13-27-21(30)18-10-6-7-11-19(18)28-22(27)25-26-23(28)31-14-17-9-5-4-8-16(17)3/h4-11,15H,12-14H2,1-3H3,(H,24,29). The Hall–Kier alpha value is -3.13. The van der Waals surface area contributed by atoms with Crippen molar-refractivity contribution in [1.29, 1.82) is 0 Å². The SMILES string of the molecule is Cc1ccccc1CSc1nnc2n(CCC(=O)NC(C)C)c(=O)c3ccccc3n12. The van der Waals surface area contributed by atoms with Gasteiger partial charge < -0.3 is 5.32 Å². The van der Waals surface area contributed by atoms with Gasteiger partial charge in [-0.15, -0.1) is 10.2 Å². The molecule has 0 aliphatic carbocycles. The topological polar surface area (TPSA) is 81.3 Å². The quantitative estimate of drug-likeness (QED) is 0.449. The number of aryl methyl sites for hydroxylation is 2. The fourth-order valence-corrected chi connectivity index (χ4v) is 4.57. The highest BCUT2D eigenvalue weighted by Crippen LogP contribution is 2.25. The molecular formula is C23H25N5O2S. The lowest BCUT2D eigenvalue weighted by Crippen LogP contribution is -2.32. The summed E-state index contributed by atoms with van der Waals surface area (Å²) in [5.41, 5.74) is 3.06. The number of hydrogen-bond acceptors (Lipinski definition) is 5. The highest BCUT2D eigenvalue weighted by Gasteiger charge is 2.17. The first-order valence-electron chi connectivity index (χ1n) is 10.3. The van der Waals surface area contributed by atoms with Gasteiger partial charge in [0.2, 0.25) is 11.7 Å². The molecule has 0 radical (unpaired) electrons. The second-order valence-corrected chi connectivity index (χ2v) is 8.72. The molecule has 2 heterocycles. The van der Waals surface area contributed by atoms with Crippen molar-refractivity contribution in [2.45, 2.75) is 50.7 Å². The third kappa shape index (κ3) is 4.34. The van der Waals surface area contributed by atoms with Crippen molar-refractivity contribution in [3.63, 3.8) is 0 Å². The average molecular weight is 436 g/mol. The number of para-hydroxylation sites is 1. The van der Waals surface area contributed by atoms with Crippen molar-refractivity contribution >= 4 is 34.3 Å². The lowest BCUT2D eigenvalue weighted by Gasteiger charge is -2.12. The summed E-state index contributed by atoms with van der Waals surface area (Å²) in [6.45, 7) is 6.16. The maximum atomic E-state index is 13.2. The Morgan fingerprint density at radius 2 is 1.84 bits per heavy atom. The van der Waals surface area contributed by atoms with Crippen molar-refractivity contribution in [2.24, 2.45) is 0 Å². The molecule has 0 aliphatic heterocycles. The van der Waals surface area contributed by atoms with Crippen LogP contribution in [-0.2, 0) is 17.1 Å². The molecule has 1 N–H and O–H groups in total. The van der Waals surface area contributed by atoms with E-state index in [9.17, 15) is 9.59 Å². The summed E-state index contributed by atoms with van der Waals surface area (Å²) in [5, 5.41) is 12.9. The molecule has 0 saturated carbocycles. The predicted octanol–water partition coefficient (Wildman–Crippen LogP) is 3.56. The Morgan fingerprint density at radius 3 is 2.61 bits per heavy atom. The lowest BCUT2D eigenvalue weighted by molar-refractivity contribution is -0.121. The van der Waals surface area contributed by atoms with Crippen molar-refractivity contribution in [3.8, 4) is 0 Å². The van der Waals surface area contributed by atoms with Gasteiger partial charge in [0.25, 0.3) is 5.56 Å². The van der Waals surface area contributed by atoms with Crippen LogP contribution in [-0.4, -0.2) is 31.1 Å². The molecule has 1 amide bonds. The number of thioether (sulfide) groups is 1. The molecule has 0 aliphatic rings. The molecule has 2 aromatic carbocycles. The maximum Gasteiger partial charge on any atom is 0.262 e. The normalized spacial score (nSPS) is 11.5. The van der Waals surface area contributed by atoms with Crippen LogP contribution < -0.4 is 10.9 Å². The number of amides is 1. The molecule has 160 valence electrons. The van der Waals surface area contributed by atoms with Gasteiger partial charge in [0, 0.05) is 24.8 Å². The van der Waals surface area contributed by atoms with Gasteiger partial charge in [0.15, 0.2) is 5.16 Å². The molecule has 31 heavy (non-hydrogen) atoms. The van der Waals surface area contributed by atoms with E-state index in [-0.39, 0.29) is 30.5 Å². The molecule has 8 heteroatoms. The Kier molecular flexibility index (Phi) is 6.08. The Bertz CT molecular complexity index is 1310. The number of carbonyl (C=O) groups excluding carboxylic acids is 1. The summed E-state index contributed by atoms with van der Waals surface area (Å²) >= 11 is 1.58. The van der Waals surface area contributed by atoms with Gasteiger partial charge in [-0.1, -0.05) is 48.2 Å². The van der Waals surface area contributed by atoms with E-state index in [1.165, 1.54) is 11.1 Å². The first-order valence-corrected chi connectivity index (χ1v) is 11.3. The van der Waals surface area contributed by atoms with Crippen LogP contribution in [0, 0.1) is 6.92 Å². The van der Waals surface area contributed by atoms with Crippen LogP contribution in [0.15, 0.2) is 58.5 Å². The van der Waals surface area contributed by atoms with E-state index in [2.05, 4.69) is 34.6 Å². The van der Waals surface area contributed by atoms with Gasteiger partial charge in [-0.25, -0.2) is 0 Å². The van der Waals surface area contributed by atoms with Crippen LogP contribution in [0.4, 0.5) is 0 Å². The zero-order valence-electron chi connectivity index (χ0n) is 17.8. The van der Waals surface area contributed by atoms with Crippen LogP contribution in [0.1, 0.15) is 31.4 Å². The summed E-state index contributed by atoms with van der Waals surface area (Å²) < 4.78 is 3.47. The molecule has 0 bridgehead atoms. The molecule has 4 aromatic rings. The van der Waals surface area contributed by atoms with Gasteiger partial charge in [0.05, 0.1) is 10.9 Å². The number of nitrogens with one attached hydrogen (secondary N) is 1. The number of rotatable bonds is 7. The largest absolute Gasteiger partial charge is 0.354 e. The second-order valence-electron chi connectivity index (χ2n) is 7.78. The minimum Gasteiger partial charge on any atom is -0.354 e. The minimum atomic E-state index is -0.164. The fourth-order valence-electron chi connectivity index (χ4n) is 3.55. The molecule has 0 unspecified atom stereocenters. The van der Waals surface area contributed by atoms with E-state index in [0.29, 0.717) is 11.2 Å². The third-order valence-corrected chi connectivity index (χ3v) is 6.09. The number of hydrogen-bond donors (Lipinski definition) is 1. The van der Waals surface area contributed by atoms with Crippen LogP contribution in [0.3, 0.4) is 0 Å². The minimum absolute atomic E-state index is 0.0541. The van der Waals surface area contributed by atoms with Gasteiger partial charge in [-0.05, 0) is 44.0 Å². The number of carbonyl (C=O) groups is 1. The van der Waals surface area contributed by atoms with E-state index < -0.39 is 0 Å². The third-order valence-electron chi connectivity index (χ3n) is 5.11. The summed E-state index contributed by atoms with van der Waals surface area (Å²) in [5.74, 6) is 1.10. The van der Waals surface area contributed by atoms with E-state index in [1.807, 2.05) is 48.6 Å². The Morgan fingerprint density at radius 1 is 1.10 bits per heavy atom. The first-order chi connectivity index (χ1) is 15.0. The summed E-state index contributed by atoms with van der Waals surface area (Å²) in [6, 6.07) is 15.8. The van der Waals surface area contributed by atoms with Crippen molar-refractivity contribution in [3.05, 3.63) is 70.0 Å². The summed E-state index contributed by atoms with van der Waals surface area (Å²) in [4.78, 5) is 25.3. The van der Waals surface area contributed by atoms with Crippen LogP contribution in [0.25, 0.3) is 16.7 Å². The summed E-state index contributed by atoms with van der Waals surface area (Å²) in [6.07, 6.45) is 0.199. The van der Waals surface area contributed by atoms with Gasteiger partial charge in [-0.2, -0.15) is 0 Å². The fraction of sp³-hybridized carbons (Fsp3) is 0.304. The van der Waals surface area contributed by atoms with Gasteiger partial charge >= 0.3 is 0 Å². The van der Waals surface area contributed by atoms with E-state index >= 15 is 0 Å². The number of nitrogens with zero attached hydrogens (tertiary/aromatic N) is 4. The molecule has 0 fully saturated rings. The molecule has 0 saturated heterocycles. The zero-order valence-corrected chi connectivity index (χ0v) is 18.6. The van der Waals surface area contributed by atoms with Crippen molar-refractivity contribution < 1.29 is 4.79 Å². The Balaban J connectivity index is 1.74. The smallest absolute Gasteiger partial charge is 0.262 e. The average Bonchev–Trinajstić information content (AvgIpc) is 3.16. The lowest BCUT2D eigenvalue weighted by atomic mass is 10.1. The van der Waals surface area contributed by atoms with Crippen LogP contribution >= 0.6 is 11.8 Å². The zero-order chi connectivity index (χ0) is 22.0. The van der Waals surface area contributed by atoms with Gasteiger partial charge in [0.1, 0.15) is 0 Å². The molecule has 0 spiro atoms. The first kappa shape index (κ1) is 21.1. The second kappa shape index (κ2) is 8.93.